The summed E-state index contributed by atoms with van der Waals surface area (Å²) in [6.45, 7) is 3.70. The lowest BCUT2D eigenvalue weighted by atomic mass is 10.1. The summed E-state index contributed by atoms with van der Waals surface area (Å²) >= 11 is 0. The van der Waals surface area contributed by atoms with Crippen molar-refractivity contribution in [2.24, 2.45) is 0 Å². The molecule has 0 saturated heterocycles. The average molecular weight is 397 g/mol. The zero-order valence-electron chi connectivity index (χ0n) is 17.0. The predicted octanol–water partition coefficient (Wildman–Crippen LogP) is 2.76. The molecular formula is C22H27N3O4. The Morgan fingerprint density at radius 2 is 1.62 bits per heavy atom. The normalized spacial score (nSPS) is 10.2. The van der Waals surface area contributed by atoms with Gasteiger partial charge in [0.05, 0.1) is 7.11 Å². The van der Waals surface area contributed by atoms with Crippen LogP contribution in [0.5, 0.6) is 5.75 Å². The highest BCUT2D eigenvalue weighted by molar-refractivity contribution is 5.93. The average Bonchev–Trinajstić information content (AvgIpc) is 2.69. The highest BCUT2D eigenvalue weighted by Gasteiger charge is 2.13. The Labute approximate surface area is 171 Å². The maximum atomic E-state index is 12.2. The number of rotatable bonds is 9. The highest BCUT2D eigenvalue weighted by Crippen LogP contribution is 2.18. The van der Waals surface area contributed by atoms with Gasteiger partial charge in [0.15, 0.2) is 0 Å². The number of carbonyl (C=O) groups excluding carboxylic acids is 3. The zero-order valence-corrected chi connectivity index (χ0v) is 17.0. The monoisotopic (exact) mass is 397 g/mol. The van der Waals surface area contributed by atoms with Gasteiger partial charge in [0.1, 0.15) is 5.75 Å². The van der Waals surface area contributed by atoms with Crippen LogP contribution < -0.4 is 20.3 Å². The topological polar surface area (TPSA) is 87.7 Å². The second-order valence-corrected chi connectivity index (χ2v) is 6.60. The molecule has 0 aliphatic carbocycles. The fourth-order valence-corrected chi connectivity index (χ4v) is 2.84. The molecule has 7 nitrogen and oxygen atoms in total. The van der Waals surface area contributed by atoms with E-state index in [-0.39, 0.29) is 30.7 Å². The quantitative estimate of drug-likeness (QED) is 0.681. The molecule has 7 heteroatoms. The van der Waals surface area contributed by atoms with E-state index < -0.39 is 0 Å². The number of amides is 3. The SMILES string of the molecule is COc1ccc(CCNC(=O)CCN(C(C)=O)c2ccc(NC(C)=O)cc2)cc1. The molecule has 154 valence electrons. The first-order valence-electron chi connectivity index (χ1n) is 9.44. The van der Waals surface area contributed by atoms with Crippen molar-refractivity contribution in [3.8, 4) is 5.75 Å². The Morgan fingerprint density at radius 3 is 2.17 bits per heavy atom. The molecule has 0 atom stereocenters. The summed E-state index contributed by atoms with van der Waals surface area (Å²) in [5, 5.41) is 5.56. The van der Waals surface area contributed by atoms with Crippen molar-refractivity contribution in [2.45, 2.75) is 26.7 Å². The number of anilines is 2. The summed E-state index contributed by atoms with van der Waals surface area (Å²) in [4.78, 5) is 36.8. The molecule has 0 heterocycles. The first-order valence-corrected chi connectivity index (χ1v) is 9.44. The van der Waals surface area contributed by atoms with Crippen molar-refractivity contribution in [1.29, 1.82) is 0 Å². The van der Waals surface area contributed by atoms with E-state index in [0.717, 1.165) is 17.7 Å². The molecule has 2 N–H and O–H groups in total. The van der Waals surface area contributed by atoms with Crippen LogP contribution in [0.25, 0.3) is 0 Å². The minimum absolute atomic E-state index is 0.111. The van der Waals surface area contributed by atoms with Crippen LogP contribution in [0.3, 0.4) is 0 Å². The van der Waals surface area contributed by atoms with Gasteiger partial charge in [0.25, 0.3) is 0 Å². The van der Waals surface area contributed by atoms with E-state index in [1.807, 2.05) is 24.3 Å². The Balaban J connectivity index is 1.82. The largest absolute Gasteiger partial charge is 0.497 e. The van der Waals surface area contributed by atoms with Crippen LogP contribution in [0.4, 0.5) is 11.4 Å². The van der Waals surface area contributed by atoms with Crippen LogP contribution in [0.15, 0.2) is 48.5 Å². The fraction of sp³-hybridized carbons (Fsp3) is 0.318. The molecule has 0 fully saturated rings. The van der Waals surface area contributed by atoms with Gasteiger partial charge in [0, 0.05) is 44.7 Å². The van der Waals surface area contributed by atoms with Gasteiger partial charge >= 0.3 is 0 Å². The summed E-state index contributed by atoms with van der Waals surface area (Å²) in [6, 6.07) is 14.6. The molecule has 2 rings (SSSR count). The molecule has 3 amide bonds. The highest BCUT2D eigenvalue weighted by atomic mass is 16.5. The van der Waals surface area contributed by atoms with E-state index in [2.05, 4.69) is 10.6 Å². The van der Waals surface area contributed by atoms with Crippen LogP contribution in [-0.4, -0.2) is 37.9 Å². The molecular weight excluding hydrogens is 370 g/mol. The maximum Gasteiger partial charge on any atom is 0.223 e. The standard InChI is InChI=1S/C22H27N3O4/c1-16(26)24-19-6-8-20(9-7-19)25(17(2)27)15-13-22(28)23-14-12-18-4-10-21(29-3)11-5-18/h4-11H,12-15H2,1-3H3,(H,23,28)(H,24,26). The fourth-order valence-electron chi connectivity index (χ4n) is 2.84. The Hall–Kier alpha value is -3.35. The van der Waals surface area contributed by atoms with Gasteiger partial charge in [-0.3, -0.25) is 14.4 Å². The minimum atomic E-state index is -0.160. The molecule has 0 bridgehead atoms. The summed E-state index contributed by atoms with van der Waals surface area (Å²) in [5.41, 5.74) is 2.44. The molecule has 2 aromatic rings. The van der Waals surface area contributed by atoms with Crippen molar-refractivity contribution in [3.05, 3.63) is 54.1 Å². The van der Waals surface area contributed by atoms with Gasteiger partial charge in [-0.05, 0) is 48.4 Å². The third kappa shape index (κ3) is 7.29. The van der Waals surface area contributed by atoms with E-state index in [4.69, 9.17) is 4.74 Å². The third-order valence-electron chi connectivity index (χ3n) is 4.34. The second-order valence-electron chi connectivity index (χ2n) is 6.60. The first kappa shape index (κ1) is 21.9. The summed E-state index contributed by atoms with van der Waals surface area (Å²) < 4.78 is 5.12. The number of nitrogens with zero attached hydrogens (tertiary/aromatic N) is 1. The Bertz CT molecular complexity index is 832. The van der Waals surface area contributed by atoms with Crippen LogP contribution in [-0.2, 0) is 20.8 Å². The summed E-state index contributed by atoms with van der Waals surface area (Å²) in [5.74, 6) is 0.377. The van der Waals surface area contributed by atoms with Gasteiger partial charge < -0.3 is 20.3 Å². The van der Waals surface area contributed by atoms with Crippen molar-refractivity contribution in [3.63, 3.8) is 0 Å². The molecule has 0 aliphatic rings. The lowest BCUT2D eigenvalue weighted by Crippen LogP contribution is -2.34. The zero-order chi connectivity index (χ0) is 21.2. The van der Waals surface area contributed by atoms with Crippen molar-refractivity contribution >= 4 is 29.1 Å². The Kier molecular flexibility index (Phi) is 8.21. The number of carbonyl (C=O) groups is 3. The molecule has 29 heavy (non-hydrogen) atoms. The van der Waals surface area contributed by atoms with Crippen molar-refractivity contribution in [1.82, 2.24) is 5.32 Å². The van der Waals surface area contributed by atoms with Crippen LogP contribution >= 0.6 is 0 Å². The lowest BCUT2D eigenvalue weighted by Gasteiger charge is -2.21. The molecule has 2 aromatic carbocycles. The summed E-state index contributed by atoms with van der Waals surface area (Å²) in [7, 11) is 1.62. The first-order chi connectivity index (χ1) is 13.9. The molecule has 0 unspecified atom stereocenters. The number of ether oxygens (including phenoxy) is 1. The van der Waals surface area contributed by atoms with Crippen molar-refractivity contribution < 1.29 is 19.1 Å². The number of hydrogen-bond acceptors (Lipinski definition) is 4. The van der Waals surface area contributed by atoms with Crippen LogP contribution in [0.2, 0.25) is 0 Å². The van der Waals surface area contributed by atoms with Gasteiger partial charge in [0.2, 0.25) is 17.7 Å². The third-order valence-corrected chi connectivity index (χ3v) is 4.34. The molecule has 0 aliphatic heterocycles. The molecule has 0 aromatic heterocycles. The van der Waals surface area contributed by atoms with Gasteiger partial charge in [-0.2, -0.15) is 0 Å². The molecule has 0 saturated carbocycles. The van der Waals surface area contributed by atoms with E-state index in [1.54, 1.807) is 36.3 Å². The van der Waals surface area contributed by atoms with Crippen LogP contribution in [0.1, 0.15) is 25.8 Å². The second kappa shape index (κ2) is 10.8. The number of nitrogens with one attached hydrogen (secondary N) is 2. The van der Waals surface area contributed by atoms with E-state index in [0.29, 0.717) is 17.9 Å². The van der Waals surface area contributed by atoms with Gasteiger partial charge in [-0.25, -0.2) is 0 Å². The number of benzene rings is 2. The van der Waals surface area contributed by atoms with Gasteiger partial charge in [-0.15, -0.1) is 0 Å². The minimum Gasteiger partial charge on any atom is -0.497 e. The summed E-state index contributed by atoms with van der Waals surface area (Å²) in [6.07, 6.45) is 0.923. The van der Waals surface area contributed by atoms with E-state index in [1.165, 1.54) is 13.8 Å². The Morgan fingerprint density at radius 1 is 0.966 bits per heavy atom. The predicted molar refractivity (Wildman–Crippen MR) is 113 cm³/mol. The van der Waals surface area contributed by atoms with E-state index >= 15 is 0 Å². The lowest BCUT2D eigenvalue weighted by molar-refractivity contribution is -0.121. The van der Waals surface area contributed by atoms with Crippen molar-refractivity contribution in [2.75, 3.05) is 30.4 Å². The van der Waals surface area contributed by atoms with E-state index in [9.17, 15) is 14.4 Å². The molecule has 0 radical (unpaired) electrons. The number of hydrogen-bond donors (Lipinski definition) is 2. The van der Waals surface area contributed by atoms with Crippen LogP contribution in [0, 0.1) is 0 Å². The molecule has 0 spiro atoms. The van der Waals surface area contributed by atoms with Gasteiger partial charge in [-0.1, -0.05) is 12.1 Å². The smallest absolute Gasteiger partial charge is 0.223 e. The number of methoxy groups -OCH3 is 1. The maximum absolute atomic E-state index is 12.2.